The predicted octanol–water partition coefficient (Wildman–Crippen LogP) is 4.83. The number of thiazole rings is 1. The highest BCUT2D eigenvalue weighted by Crippen LogP contribution is 2.35. The van der Waals surface area contributed by atoms with E-state index in [4.69, 9.17) is 9.47 Å². The van der Waals surface area contributed by atoms with E-state index in [1.54, 1.807) is 26.0 Å². The minimum atomic E-state index is 0.0130. The summed E-state index contributed by atoms with van der Waals surface area (Å²) in [5.41, 5.74) is 1.61. The maximum absolute atomic E-state index is 12.2. The molecule has 5 nitrogen and oxygen atoms in total. The van der Waals surface area contributed by atoms with E-state index in [-0.39, 0.29) is 5.91 Å². The van der Waals surface area contributed by atoms with Crippen LogP contribution in [0.4, 0.5) is 5.13 Å². The average Bonchev–Trinajstić information content (AvgIpc) is 3.15. The third-order valence-electron chi connectivity index (χ3n) is 4.44. The van der Waals surface area contributed by atoms with Gasteiger partial charge in [-0.3, -0.25) is 4.79 Å². The van der Waals surface area contributed by atoms with Crippen molar-refractivity contribution in [2.75, 3.05) is 25.3 Å². The molecule has 1 saturated carbocycles. The maximum Gasteiger partial charge on any atom is 0.236 e. The molecule has 2 aromatic rings. The molecule has 1 N–H and O–H groups in total. The molecule has 1 aliphatic carbocycles. The Hall–Kier alpha value is -1.73. The molecule has 1 fully saturated rings. The number of hydrogen-bond acceptors (Lipinski definition) is 6. The van der Waals surface area contributed by atoms with Crippen LogP contribution >= 0.6 is 23.1 Å². The van der Waals surface area contributed by atoms with Crippen LogP contribution in [0.5, 0.6) is 11.5 Å². The molecule has 1 aromatic carbocycles. The fourth-order valence-corrected chi connectivity index (χ4v) is 4.90. The number of ether oxygens (including phenoxy) is 2. The Morgan fingerprint density at radius 3 is 2.81 bits per heavy atom. The van der Waals surface area contributed by atoms with Gasteiger partial charge >= 0.3 is 0 Å². The zero-order valence-electron chi connectivity index (χ0n) is 15.1. The number of methoxy groups -OCH3 is 2. The molecule has 1 aromatic heterocycles. The summed E-state index contributed by atoms with van der Waals surface area (Å²) in [6, 6.07) is 5.59. The molecule has 140 valence electrons. The number of benzene rings is 1. The number of hydrogen-bond donors (Lipinski definition) is 1. The van der Waals surface area contributed by atoms with Gasteiger partial charge in [0.05, 0.1) is 25.7 Å². The highest BCUT2D eigenvalue weighted by Gasteiger charge is 2.17. The number of carbonyl (C=O) groups is 1. The first-order chi connectivity index (χ1) is 12.7. The fourth-order valence-electron chi connectivity index (χ4n) is 3.05. The SMILES string of the molecule is COc1ccc(OC)c(-c2csc(NC(=O)CSC3CCCCC3)n2)c1. The number of aromatic nitrogens is 1. The summed E-state index contributed by atoms with van der Waals surface area (Å²) < 4.78 is 10.7. The first kappa shape index (κ1) is 19.0. The fraction of sp³-hybridized carbons (Fsp3) is 0.474. The minimum Gasteiger partial charge on any atom is -0.497 e. The molecule has 0 saturated heterocycles. The standard InChI is InChI=1S/C19H24N2O3S2/c1-23-13-8-9-17(24-2)15(10-13)16-11-26-19(20-16)21-18(22)12-25-14-6-4-3-5-7-14/h8-11,14H,3-7,12H2,1-2H3,(H,20,21,22). The van der Waals surface area contributed by atoms with Crippen molar-refractivity contribution in [3.63, 3.8) is 0 Å². The van der Waals surface area contributed by atoms with Crippen LogP contribution in [0, 0.1) is 0 Å². The van der Waals surface area contributed by atoms with Gasteiger partial charge in [-0.15, -0.1) is 23.1 Å². The molecule has 0 aliphatic heterocycles. The third-order valence-corrected chi connectivity index (χ3v) is 6.56. The summed E-state index contributed by atoms with van der Waals surface area (Å²) in [6.07, 6.45) is 6.37. The summed E-state index contributed by atoms with van der Waals surface area (Å²) in [5, 5.41) is 6.07. The second-order valence-corrected chi connectivity index (χ2v) is 8.37. The van der Waals surface area contributed by atoms with E-state index in [0.717, 1.165) is 22.8 Å². The van der Waals surface area contributed by atoms with Gasteiger partial charge in [-0.1, -0.05) is 19.3 Å². The van der Waals surface area contributed by atoms with Gasteiger partial charge in [0, 0.05) is 16.2 Å². The van der Waals surface area contributed by atoms with Gasteiger partial charge in [0.25, 0.3) is 0 Å². The summed E-state index contributed by atoms with van der Waals surface area (Å²) in [4.78, 5) is 16.8. The van der Waals surface area contributed by atoms with Crippen LogP contribution in [0.2, 0.25) is 0 Å². The Bertz CT molecular complexity index is 742. The van der Waals surface area contributed by atoms with Gasteiger partial charge in [-0.05, 0) is 31.0 Å². The third kappa shape index (κ3) is 4.92. The summed E-state index contributed by atoms with van der Waals surface area (Å²) in [6.45, 7) is 0. The number of nitrogens with zero attached hydrogens (tertiary/aromatic N) is 1. The normalized spacial score (nSPS) is 14.8. The number of amides is 1. The lowest BCUT2D eigenvalue weighted by Crippen LogP contribution is -2.17. The van der Waals surface area contributed by atoms with Gasteiger partial charge in [-0.25, -0.2) is 4.98 Å². The smallest absolute Gasteiger partial charge is 0.236 e. The average molecular weight is 393 g/mol. The number of anilines is 1. The molecule has 0 atom stereocenters. The molecule has 0 spiro atoms. The van der Waals surface area contributed by atoms with Crippen LogP contribution in [0.1, 0.15) is 32.1 Å². The van der Waals surface area contributed by atoms with Crippen molar-refractivity contribution < 1.29 is 14.3 Å². The van der Waals surface area contributed by atoms with Gasteiger partial charge in [0.2, 0.25) is 5.91 Å². The van der Waals surface area contributed by atoms with Gasteiger partial charge in [-0.2, -0.15) is 0 Å². The van der Waals surface area contributed by atoms with E-state index < -0.39 is 0 Å². The summed E-state index contributed by atoms with van der Waals surface area (Å²) >= 11 is 3.19. The van der Waals surface area contributed by atoms with Crippen LogP contribution in [-0.4, -0.2) is 36.1 Å². The van der Waals surface area contributed by atoms with Crippen LogP contribution < -0.4 is 14.8 Å². The van der Waals surface area contributed by atoms with Gasteiger partial charge in [0.1, 0.15) is 11.5 Å². The van der Waals surface area contributed by atoms with E-state index in [2.05, 4.69) is 10.3 Å². The van der Waals surface area contributed by atoms with E-state index in [9.17, 15) is 4.79 Å². The van der Waals surface area contributed by atoms with Gasteiger partial charge < -0.3 is 14.8 Å². The molecule has 1 aliphatic rings. The van der Waals surface area contributed by atoms with E-state index >= 15 is 0 Å². The van der Waals surface area contributed by atoms with Crippen LogP contribution in [0.25, 0.3) is 11.3 Å². The Labute approximate surface area is 162 Å². The Morgan fingerprint density at radius 1 is 1.27 bits per heavy atom. The van der Waals surface area contributed by atoms with E-state index in [1.807, 2.05) is 23.6 Å². The highest BCUT2D eigenvalue weighted by atomic mass is 32.2. The number of thioether (sulfide) groups is 1. The highest BCUT2D eigenvalue weighted by molar-refractivity contribution is 8.00. The molecule has 1 amide bonds. The first-order valence-corrected chi connectivity index (χ1v) is 10.7. The largest absolute Gasteiger partial charge is 0.497 e. The molecule has 0 radical (unpaired) electrons. The molecule has 1 heterocycles. The molecule has 0 bridgehead atoms. The lowest BCUT2D eigenvalue weighted by atomic mass is 10.0. The van der Waals surface area contributed by atoms with Crippen molar-refractivity contribution in [1.82, 2.24) is 4.98 Å². The quantitative estimate of drug-likeness (QED) is 0.731. The van der Waals surface area contributed by atoms with Crippen molar-refractivity contribution in [2.45, 2.75) is 37.4 Å². The van der Waals surface area contributed by atoms with Crippen molar-refractivity contribution >= 4 is 34.1 Å². The number of carbonyl (C=O) groups excluding carboxylic acids is 1. The second-order valence-electron chi connectivity index (χ2n) is 6.22. The molecule has 3 rings (SSSR count). The number of nitrogens with one attached hydrogen (secondary N) is 1. The lowest BCUT2D eigenvalue weighted by Gasteiger charge is -2.20. The van der Waals surface area contributed by atoms with Crippen LogP contribution in [0.3, 0.4) is 0 Å². The maximum atomic E-state index is 12.2. The summed E-state index contributed by atoms with van der Waals surface area (Å²) in [5.74, 6) is 1.96. The molecule has 7 heteroatoms. The molecular formula is C19H24N2O3S2. The minimum absolute atomic E-state index is 0.0130. The molecule has 26 heavy (non-hydrogen) atoms. The van der Waals surface area contributed by atoms with Crippen LogP contribution in [-0.2, 0) is 4.79 Å². The van der Waals surface area contributed by atoms with Crippen molar-refractivity contribution in [3.05, 3.63) is 23.6 Å². The van der Waals surface area contributed by atoms with Crippen LogP contribution in [0.15, 0.2) is 23.6 Å². The Balaban J connectivity index is 1.61. The van der Waals surface area contributed by atoms with Crippen molar-refractivity contribution in [3.8, 4) is 22.8 Å². The van der Waals surface area contributed by atoms with E-state index in [1.165, 1.54) is 43.4 Å². The topological polar surface area (TPSA) is 60.5 Å². The predicted molar refractivity (Wildman–Crippen MR) is 109 cm³/mol. The first-order valence-electron chi connectivity index (χ1n) is 8.79. The van der Waals surface area contributed by atoms with Crippen molar-refractivity contribution in [2.24, 2.45) is 0 Å². The lowest BCUT2D eigenvalue weighted by molar-refractivity contribution is -0.113. The second kappa shape index (κ2) is 9.28. The zero-order valence-corrected chi connectivity index (χ0v) is 16.8. The number of rotatable bonds is 7. The zero-order chi connectivity index (χ0) is 18.4. The molecule has 0 unspecified atom stereocenters. The summed E-state index contributed by atoms with van der Waals surface area (Å²) in [7, 11) is 3.26. The Morgan fingerprint density at radius 2 is 2.08 bits per heavy atom. The van der Waals surface area contributed by atoms with E-state index in [0.29, 0.717) is 16.1 Å². The Kier molecular flexibility index (Phi) is 6.80. The van der Waals surface area contributed by atoms with Crippen molar-refractivity contribution in [1.29, 1.82) is 0 Å². The molecular weight excluding hydrogens is 368 g/mol. The van der Waals surface area contributed by atoms with Gasteiger partial charge in [0.15, 0.2) is 5.13 Å². The monoisotopic (exact) mass is 392 g/mol.